The van der Waals surface area contributed by atoms with E-state index in [4.69, 9.17) is 0 Å². The van der Waals surface area contributed by atoms with Crippen LogP contribution < -0.4 is 5.56 Å². The highest BCUT2D eigenvalue weighted by Gasteiger charge is 2.10. The van der Waals surface area contributed by atoms with Gasteiger partial charge in [-0.1, -0.05) is 0 Å². The van der Waals surface area contributed by atoms with Crippen molar-refractivity contribution in [3.63, 3.8) is 0 Å². The molecule has 0 aliphatic heterocycles. The zero-order valence-corrected chi connectivity index (χ0v) is 11.4. The Morgan fingerprint density at radius 3 is 2.88 bits per heavy atom. The van der Waals surface area contributed by atoms with E-state index in [1.54, 1.807) is 13.0 Å². The summed E-state index contributed by atoms with van der Waals surface area (Å²) in [5.74, 6) is -0.0894. The van der Waals surface area contributed by atoms with Crippen molar-refractivity contribution < 1.29 is 4.79 Å². The number of nitrogens with zero attached hydrogens (tertiary/aromatic N) is 2. The molecule has 2 rings (SSSR count). The number of Topliss-reactive ketones (excluding diaryl/α,β-unsaturated/α-hetero) is 1. The number of hydrogen-bond acceptors (Lipinski definition) is 4. The maximum Gasteiger partial charge on any atom is 0.253 e. The van der Waals surface area contributed by atoms with Gasteiger partial charge in [0.05, 0.1) is 21.5 Å². The van der Waals surface area contributed by atoms with Crippen LogP contribution in [0.4, 0.5) is 0 Å². The molecule has 88 valence electrons. The molecule has 6 heteroatoms. The molecular formula is C11H9BrN2O2S. The number of carbonyl (C=O) groups excluding carboxylic acids is 1. The molecule has 0 bridgehead atoms. The van der Waals surface area contributed by atoms with Crippen LogP contribution in [0.3, 0.4) is 0 Å². The Hall–Kier alpha value is -1.27. The fraction of sp³-hybridized carbons (Fsp3) is 0.182. The summed E-state index contributed by atoms with van der Waals surface area (Å²) < 4.78 is 2.21. The van der Waals surface area contributed by atoms with Crippen LogP contribution in [0.5, 0.6) is 0 Å². The summed E-state index contributed by atoms with van der Waals surface area (Å²) in [6.07, 6.45) is 1.40. The molecular weight excluding hydrogens is 304 g/mol. The molecule has 17 heavy (non-hydrogen) atoms. The minimum atomic E-state index is -0.207. The van der Waals surface area contributed by atoms with E-state index in [0.717, 1.165) is 3.79 Å². The summed E-state index contributed by atoms with van der Waals surface area (Å²) in [7, 11) is 0. The largest absolute Gasteiger partial charge is 0.291 e. The van der Waals surface area contributed by atoms with Crippen LogP contribution in [-0.2, 0) is 6.54 Å². The summed E-state index contributed by atoms with van der Waals surface area (Å²) in [5, 5.41) is 0. The molecule has 0 amide bonds. The lowest BCUT2D eigenvalue weighted by atomic mass is 10.3. The molecule has 0 aliphatic rings. The lowest BCUT2D eigenvalue weighted by molar-refractivity contribution is 0.0974. The van der Waals surface area contributed by atoms with Crippen molar-refractivity contribution in [1.29, 1.82) is 0 Å². The number of carbonyl (C=O) groups is 1. The Balaban J connectivity index is 2.21. The van der Waals surface area contributed by atoms with Crippen molar-refractivity contribution >= 4 is 33.0 Å². The SMILES string of the molecule is Cc1cc(=O)n(CC(=O)c2ccc(Br)s2)cn1. The maximum atomic E-state index is 11.9. The molecule has 0 unspecified atom stereocenters. The van der Waals surface area contributed by atoms with Gasteiger partial charge in [-0.3, -0.25) is 14.2 Å². The molecule has 0 fully saturated rings. The number of thiophene rings is 1. The van der Waals surface area contributed by atoms with E-state index < -0.39 is 0 Å². The molecule has 2 aromatic rings. The van der Waals surface area contributed by atoms with Gasteiger partial charge < -0.3 is 0 Å². The number of rotatable bonds is 3. The van der Waals surface area contributed by atoms with Gasteiger partial charge in [-0.2, -0.15) is 0 Å². The number of aryl methyl sites for hydroxylation is 1. The average Bonchev–Trinajstić information content (AvgIpc) is 2.69. The van der Waals surface area contributed by atoms with E-state index in [2.05, 4.69) is 20.9 Å². The second-order valence-electron chi connectivity index (χ2n) is 3.52. The van der Waals surface area contributed by atoms with Crippen LogP contribution in [0.1, 0.15) is 15.4 Å². The Morgan fingerprint density at radius 1 is 1.53 bits per heavy atom. The van der Waals surface area contributed by atoms with Crippen LogP contribution >= 0.6 is 27.3 Å². The molecule has 0 spiro atoms. The Labute approximate surface area is 110 Å². The van der Waals surface area contributed by atoms with Crippen LogP contribution in [0.25, 0.3) is 0 Å². The van der Waals surface area contributed by atoms with Crippen LogP contribution in [0.2, 0.25) is 0 Å². The topological polar surface area (TPSA) is 52.0 Å². The lowest BCUT2D eigenvalue weighted by Crippen LogP contribution is -2.23. The smallest absolute Gasteiger partial charge is 0.253 e. The Morgan fingerprint density at radius 2 is 2.29 bits per heavy atom. The van der Waals surface area contributed by atoms with Gasteiger partial charge >= 0.3 is 0 Å². The van der Waals surface area contributed by atoms with Gasteiger partial charge in [0.15, 0.2) is 5.78 Å². The Bertz CT molecular complexity index is 618. The van der Waals surface area contributed by atoms with E-state index in [1.165, 1.54) is 28.3 Å². The molecule has 4 nitrogen and oxygen atoms in total. The first-order chi connectivity index (χ1) is 8.06. The molecule has 0 atom stereocenters. The first kappa shape index (κ1) is 12.2. The lowest BCUT2D eigenvalue weighted by Gasteiger charge is -2.02. The van der Waals surface area contributed by atoms with E-state index >= 15 is 0 Å². The van der Waals surface area contributed by atoms with Gasteiger partial charge in [-0.05, 0) is 35.0 Å². The van der Waals surface area contributed by atoms with Gasteiger partial charge in [0, 0.05) is 11.8 Å². The summed E-state index contributed by atoms with van der Waals surface area (Å²) in [4.78, 5) is 28.1. The summed E-state index contributed by atoms with van der Waals surface area (Å²) in [6, 6.07) is 4.97. The van der Waals surface area contributed by atoms with Crippen LogP contribution in [0, 0.1) is 6.92 Å². The number of ketones is 1. The van der Waals surface area contributed by atoms with Crippen molar-refractivity contribution in [3.05, 3.63) is 49.2 Å². The normalized spacial score (nSPS) is 10.5. The summed E-state index contributed by atoms with van der Waals surface area (Å²) >= 11 is 4.65. The van der Waals surface area contributed by atoms with Gasteiger partial charge in [0.1, 0.15) is 0 Å². The highest BCUT2D eigenvalue weighted by molar-refractivity contribution is 9.11. The van der Waals surface area contributed by atoms with Crippen molar-refractivity contribution in [3.8, 4) is 0 Å². The fourth-order valence-electron chi connectivity index (χ4n) is 1.33. The quantitative estimate of drug-likeness (QED) is 0.817. The summed E-state index contributed by atoms with van der Waals surface area (Å²) in [6.45, 7) is 1.77. The number of halogens is 1. The van der Waals surface area contributed by atoms with E-state index in [9.17, 15) is 9.59 Å². The zero-order chi connectivity index (χ0) is 12.4. The molecule has 2 aromatic heterocycles. The first-order valence-corrected chi connectivity index (χ1v) is 6.49. The van der Waals surface area contributed by atoms with Gasteiger partial charge in [0.25, 0.3) is 5.56 Å². The standard InChI is InChI=1S/C11H9BrN2O2S/c1-7-4-11(16)14(6-13-7)5-8(15)9-2-3-10(12)17-9/h2-4,6H,5H2,1H3. The minimum Gasteiger partial charge on any atom is -0.291 e. The molecule has 0 radical (unpaired) electrons. The van der Waals surface area contributed by atoms with Crippen molar-refractivity contribution in [1.82, 2.24) is 9.55 Å². The monoisotopic (exact) mass is 312 g/mol. The summed E-state index contributed by atoms with van der Waals surface area (Å²) in [5.41, 5.74) is 0.444. The Kier molecular flexibility index (Phi) is 3.54. The molecule has 2 heterocycles. The average molecular weight is 313 g/mol. The first-order valence-electron chi connectivity index (χ1n) is 4.88. The number of hydrogen-bond donors (Lipinski definition) is 0. The third-order valence-corrected chi connectivity index (χ3v) is 3.84. The predicted molar refractivity (Wildman–Crippen MR) is 69.6 cm³/mol. The molecule has 0 N–H and O–H groups in total. The molecule has 0 aromatic carbocycles. The third-order valence-electron chi connectivity index (χ3n) is 2.18. The highest BCUT2D eigenvalue weighted by atomic mass is 79.9. The third kappa shape index (κ3) is 2.89. The van der Waals surface area contributed by atoms with E-state index in [1.807, 2.05) is 6.07 Å². The van der Waals surface area contributed by atoms with Gasteiger partial charge in [-0.15, -0.1) is 11.3 Å². The van der Waals surface area contributed by atoms with Crippen molar-refractivity contribution in [2.24, 2.45) is 0 Å². The fourth-order valence-corrected chi connectivity index (χ4v) is 2.65. The van der Waals surface area contributed by atoms with Crippen LogP contribution in [-0.4, -0.2) is 15.3 Å². The molecule has 0 aliphatic carbocycles. The predicted octanol–water partition coefficient (Wildman–Crippen LogP) is 2.26. The maximum absolute atomic E-state index is 11.9. The zero-order valence-electron chi connectivity index (χ0n) is 9.01. The van der Waals surface area contributed by atoms with Crippen molar-refractivity contribution in [2.75, 3.05) is 0 Å². The van der Waals surface area contributed by atoms with Gasteiger partial charge in [0.2, 0.25) is 0 Å². The molecule has 0 saturated heterocycles. The molecule has 0 saturated carbocycles. The minimum absolute atomic E-state index is 0.0269. The second kappa shape index (κ2) is 4.93. The highest BCUT2D eigenvalue weighted by Crippen LogP contribution is 2.22. The van der Waals surface area contributed by atoms with Crippen molar-refractivity contribution in [2.45, 2.75) is 13.5 Å². The number of aromatic nitrogens is 2. The second-order valence-corrected chi connectivity index (χ2v) is 5.99. The van der Waals surface area contributed by atoms with E-state index in [0.29, 0.717) is 10.6 Å². The van der Waals surface area contributed by atoms with E-state index in [-0.39, 0.29) is 17.9 Å². The van der Waals surface area contributed by atoms with Gasteiger partial charge in [-0.25, -0.2) is 4.98 Å². The van der Waals surface area contributed by atoms with Crippen LogP contribution in [0.15, 0.2) is 33.1 Å².